The summed E-state index contributed by atoms with van der Waals surface area (Å²) in [6.45, 7) is 3.18. The Hall–Kier alpha value is -1.56. The lowest BCUT2D eigenvalue weighted by Gasteiger charge is -2.29. The minimum Gasteiger partial charge on any atom is -0.478 e. The first-order valence-electron chi connectivity index (χ1n) is 5.72. The number of benzene rings is 1. The molecule has 0 aromatic heterocycles. The zero-order chi connectivity index (χ0) is 13.3. The highest BCUT2D eigenvalue weighted by molar-refractivity contribution is 7.85. The zero-order valence-electron chi connectivity index (χ0n) is 10.2. The molecule has 1 aromatic carbocycles. The van der Waals surface area contributed by atoms with Crippen molar-refractivity contribution in [3.63, 3.8) is 0 Å². The molecule has 1 saturated heterocycles. The number of aromatic carboxylic acids is 1. The number of anilines is 2. The predicted molar refractivity (Wildman–Crippen MR) is 72.6 cm³/mol. The van der Waals surface area contributed by atoms with Crippen molar-refractivity contribution < 1.29 is 14.1 Å². The standard InChI is InChI=1S/C12H16N2O3S/c1-8-6-9(7-10(11(8)13)12(15)16)14-2-4-18(17)5-3-14/h6-7H,2-5,13H2,1H3,(H,15,16). The molecule has 0 amide bonds. The van der Waals surface area contributed by atoms with E-state index in [1.165, 1.54) is 0 Å². The van der Waals surface area contributed by atoms with Gasteiger partial charge in [-0.3, -0.25) is 4.21 Å². The second kappa shape index (κ2) is 4.97. The molecule has 1 aliphatic rings. The fourth-order valence-electron chi connectivity index (χ4n) is 2.03. The highest BCUT2D eigenvalue weighted by Crippen LogP contribution is 2.26. The number of hydrogen-bond donors (Lipinski definition) is 2. The van der Waals surface area contributed by atoms with Crippen LogP contribution in [0.1, 0.15) is 15.9 Å². The molecule has 0 atom stereocenters. The summed E-state index contributed by atoms with van der Waals surface area (Å²) in [6.07, 6.45) is 0. The van der Waals surface area contributed by atoms with E-state index < -0.39 is 16.8 Å². The quantitative estimate of drug-likeness (QED) is 0.777. The van der Waals surface area contributed by atoms with Crippen molar-refractivity contribution in [1.29, 1.82) is 0 Å². The lowest BCUT2D eigenvalue weighted by atomic mass is 10.1. The molecule has 98 valence electrons. The Morgan fingerprint density at radius 3 is 2.56 bits per heavy atom. The van der Waals surface area contributed by atoms with Crippen molar-refractivity contribution in [2.24, 2.45) is 0 Å². The molecule has 18 heavy (non-hydrogen) atoms. The van der Waals surface area contributed by atoms with Gasteiger partial charge in [0, 0.05) is 46.8 Å². The van der Waals surface area contributed by atoms with Crippen LogP contribution in [0.4, 0.5) is 11.4 Å². The Morgan fingerprint density at radius 1 is 1.39 bits per heavy atom. The summed E-state index contributed by atoms with van der Waals surface area (Å²) in [5.74, 6) is 0.246. The molecule has 2 rings (SSSR count). The van der Waals surface area contributed by atoms with E-state index in [1.807, 2.05) is 6.07 Å². The van der Waals surface area contributed by atoms with Crippen LogP contribution in [0.5, 0.6) is 0 Å². The van der Waals surface area contributed by atoms with Crippen LogP contribution in [0.2, 0.25) is 0 Å². The summed E-state index contributed by atoms with van der Waals surface area (Å²) in [5, 5.41) is 9.11. The van der Waals surface area contributed by atoms with Crippen molar-refractivity contribution in [3.05, 3.63) is 23.3 Å². The number of carboxylic acids is 1. The Bertz CT molecular complexity index is 506. The molecule has 6 heteroatoms. The lowest BCUT2D eigenvalue weighted by Crippen LogP contribution is -2.37. The van der Waals surface area contributed by atoms with Crippen molar-refractivity contribution >= 4 is 28.1 Å². The molecule has 0 spiro atoms. The molecule has 0 unspecified atom stereocenters. The number of carbonyl (C=O) groups is 1. The van der Waals surface area contributed by atoms with E-state index in [9.17, 15) is 9.00 Å². The maximum absolute atomic E-state index is 11.3. The van der Waals surface area contributed by atoms with Gasteiger partial charge >= 0.3 is 5.97 Å². The third-order valence-corrected chi connectivity index (χ3v) is 4.42. The largest absolute Gasteiger partial charge is 0.478 e. The molecular formula is C12H16N2O3S. The Morgan fingerprint density at radius 2 is 2.00 bits per heavy atom. The van der Waals surface area contributed by atoms with Crippen LogP contribution in [-0.2, 0) is 10.8 Å². The third-order valence-electron chi connectivity index (χ3n) is 3.14. The average molecular weight is 268 g/mol. The second-order valence-corrected chi connectivity index (χ2v) is 6.06. The number of nitrogens with two attached hydrogens (primary N) is 1. The van der Waals surface area contributed by atoms with Crippen LogP contribution in [0.15, 0.2) is 12.1 Å². The zero-order valence-corrected chi connectivity index (χ0v) is 11.0. The molecule has 1 aliphatic heterocycles. The van der Waals surface area contributed by atoms with Crippen molar-refractivity contribution in [3.8, 4) is 0 Å². The summed E-state index contributed by atoms with van der Waals surface area (Å²) in [7, 11) is -0.741. The molecule has 0 aliphatic carbocycles. The predicted octanol–water partition coefficient (Wildman–Crippen LogP) is 0.844. The van der Waals surface area contributed by atoms with Crippen LogP contribution < -0.4 is 10.6 Å². The van der Waals surface area contributed by atoms with Gasteiger partial charge in [0.15, 0.2) is 0 Å². The molecular weight excluding hydrogens is 252 g/mol. The molecule has 0 radical (unpaired) electrons. The first-order valence-corrected chi connectivity index (χ1v) is 7.21. The van der Waals surface area contributed by atoms with Crippen LogP contribution in [0, 0.1) is 6.92 Å². The van der Waals surface area contributed by atoms with Crippen molar-refractivity contribution in [2.45, 2.75) is 6.92 Å². The molecule has 1 aromatic rings. The van der Waals surface area contributed by atoms with Gasteiger partial charge in [-0.05, 0) is 24.6 Å². The molecule has 3 N–H and O–H groups in total. The van der Waals surface area contributed by atoms with Gasteiger partial charge in [0.25, 0.3) is 0 Å². The summed E-state index contributed by atoms with van der Waals surface area (Å²) in [6, 6.07) is 3.48. The number of nitrogens with zero attached hydrogens (tertiary/aromatic N) is 1. The van der Waals surface area contributed by atoms with E-state index in [-0.39, 0.29) is 5.56 Å². The number of hydrogen-bond acceptors (Lipinski definition) is 4. The van der Waals surface area contributed by atoms with Crippen LogP contribution in [0.25, 0.3) is 0 Å². The highest BCUT2D eigenvalue weighted by Gasteiger charge is 2.19. The van der Waals surface area contributed by atoms with Gasteiger partial charge in [-0.25, -0.2) is 4.79 Å². The number of nitrogen functional groups attached to an aromatic ring is 1. The van der Waals surface area contributed by atoms with E-state index >= 15 is 0 Å². The van der Waals surface area contributed by atoms with Gasteiger partial charge < -0.3 is 15.7 Å². The highest BCUT2D eigenvalue weighted by atomic mass is 32.2. The monoisotopic (exact) mass is 268 g/mol. The summed E-state index contributed by atoms with van der Waals surface area (Å²) >= 11 is 0. The first-order chi connectivity index (χ1) is 8.49. The van der Waals surface area contributed by atoms with E-state index in [2.05, 4.69) is 4.90 Å². The Kier molecular flexibility index (Phi) is 3.56. The SMILES string of the molecule is Cc1cc(N2CCS(=O)CC2)cc(C(=O)O)c1N. The first kappa shape index (κ1) is 12.9. The summed E-state index contributed by atoms with van der Waals surface area (Å²) in [5.41, 5.74) is 7.81. The molecule has 1 fully saturated rings. The van der Waals surface area contributed by atoms with Gasteiger partial charge in [-0.1, -0.05) is 0 Å². The van der Waals surface area contributed by atoms with Crippen molar-refractivity contribution in [2.75, 3.05) is 35.2 Å². The summed E-state index contributed by atoms with van der Waals surface area (Å²) < 4.78 is 11.3. The van der Waals surface area contributed by atoms with Crippen LogP contribution in [0.3, 0.4) is 0 Å². The third kappa shape index (κ3) is 2.48. The molecule has 1 heterocycles. The van der Waals surface area contributed by atoms with Crippen LogP contribution >= 0.6 is 0 Å². The van der Waals surface area contributed by atoms with Crippen molar-refractivity contribution in [1.82, 2.24) is 0 Å². The van der Waals surface area contributed by atoms with Gasteiger partial charge in [0.2, 0.25) is 0 Å². The number of rotatable bonds is 2. The minimum atomic E-state index is -1.02. The van der Waals surface area contributed by atoms with E-state index in [4.69, 9.17) is 10.8 Å². The topological polar surface area (TPSA) is 83.6 Å². The van der Waals surface area contributed by atoms with E-state index in [1.54, 1.807) is 13.0 Å². The van der Waals surface area contributed by atoms with E-state index in [0.717, 1.165) is 11.3 Å². The normalized spacial score (nSPS) is 16.8. The number of aryl methyl sites for hydroxylation is 1. The maximum atomic E-state index is 11.3. The van der Waals surface area contributed by atoms with Crippen LogP contribution in [-0.4, -0.2) is 39.9 Å². The Labute approximate surface area is 108 Å². The molecule has 5 nitrogen and oxygen atoms in total. The smallest absolute Gasteiger partial charge is 0.337 e. The molecule has 0 bridgehead atoms. The minimum absolute atomic E-state index is 0.136. The lowest BCUT2D eigenvalue weighted by molar-refractivity contribution is 0.0698. The van der Waals surface area contributed by atoms with Gasteiger partial charge in [-0.15, -0.1) is 0 Å². The van der Waals surface area contributed by atoms with Gasteiger partial charge in [0.1, 0.15) is 0 Å². The second-order valence-electron chi connectivity index (χ2n) is 4.36. The van der Waals surface area contributed by atoms with Gasteiger partial charge in [-0.2, -0.15) is 0 Å². The Balaban J connectivity index is 2.34. The average Bonchev–Trinajstić information content (AvgIpc) is 2.33. The fourth-order valence-corrected chi connectivity index (χ4v) is 3.09. The van der Waals surface area contributed by atoms with Gasteiger partial charge in [0.05, 0.1) is 5.56 Å². The summed E-state index contributed by atoms with van der Waals surface area (Å²) in [4.78, 5) is 13.2. The van der Waals surface area contributed by atoms with E-state index in [0.29, 0.717) is 30.3 Å². The maximum Gasteiger partial charge on any atom is 0.337 e. The number of carboxylic acid groups (broad SMARTS) is 1. The molecule has 0 saturated carbocycles. The fraction of sp³-hybridized carbons (Fsp3) is 0.417.